The fourth-order valence-electron chi connectivity index (χ4n) is 1.06. The molecule has 0 fully saturated rings. The average Bonchev–Trinajstić information content (AvgIpc) is 2.61. The molecule has 66 valence electrons. The van der Waals surface area contributed by atoms with E-state index in [2.05, 4.69) is 4.98 Å². The minimum atomic E-state index is 0.204. The third kappa shape index (κ3) is 1.66. The molecule has 1 heterocycles. The van der Waals surface area contributed by atoms with Crippen LogP contribution in [-0.2, 0) is 0 Å². The summed E-state index contributed by atoms with van der Waals surface area (Å²) in [5, 5.41) is 12.0. The van der Waals surface area contributed by atoms with Crippen LogP contribution in [0.15, 0.2) is 29.1 Å². The van der Waals surface area contributed by atoms with Crippen LogP contribution in [0.5, 0.6) is 5.75 Å². The second-order valence-electron chi connectivity index (χ2n) is 2.54. The van der Waals surface area contributed by atoms with Crippen LogP contribution >= 0.6 is 22.9 Å². The highest BCUT2D eigenvalue weighted by molar-refractivity contribution is 7.07. The summed E-state index contributed by atoms with van der Waals surface area (Å²) in [5.41, 5.74) is 3.15. The highest BCUT2D eigenvalue weighted by atomic mass is 35.5. The second-order valence-corrected chi connectivity index (χ2v) is 3.69. The smallest absolute Gasteiger partial charge is 0.125 e. The number of phenolic OH excluding ortho intramolecular Hbond substituents is 1. The van der Waals surface area contributed by atoms with Crippen molar-refractivity contribution in [2.45, 2.75) is 0 Å². The molecule has 1 aromatic carbocycles. The molecule has 0 spiro atoms. The van der Waals surface area contributed by atoms with E-state index in [9.17, 15) is 5.11 Å². The van der Waals surface area contributed by atoms with Gasteiger partial charge in [-0.2, -0.15) is 0 Å². The molecule has 1 aromatic heterocycles. The Balaban J connectivity index is 2.57. The zero-order valence-corrected chi connectivity index (χ0v) is 8.14. The van der Waals surface area contributed by atoms with Crippen LogP contribution in [0.1, 0.15) is 0 Å². The first-order chi connectivity index (χ1) is 6.27. The van der Waals surface area contributed by atoms with Gasteiger partial charge in [0.1, 0.15) is 5.75 Å². The Kier molecular flexibility index (Phi) is 2.20. The first-order valence-corrected chi connectivity index (χ1v) is 4.96. The lowest BCUT2D eigenvalue weighted by Crippen LogP contribution is -1.78. The van der Waals surface area contributed by atoms with Gasteiger partial charge in [0.05, 0.1) is 11.2 Å². The third-order valence-corrected chi connectivity index (χ3v) is 2.49. The highest BCUT2D eigenvalue weighted by Gasteiger charge is 2.05. The molecule has 2 nitrogen and oxygen atoms in total. The fraction of sp³-hybridized carbons (Fsp3) is 0. The van der Waals surface area contributed by atoms with Crippen molar-refractivity contribution in [3.8, 4) is 17.0 Å². The summed E-state index contributed by atoms with van der Waals surface area (Å²) >= 11 is 7.28. The van der Waals surface area contributed by atoms with Gasteiger partial charge in [0.2, 0.25) is 0 Å². The molecule has 0 aliphatic rings. The van der Waals surface area contributed by atoms with Crippen molar-refractivity contribution >= 4 is 22.9 Å². The van der Waals surface area contributed by atoms with Gasteiger partial charge in [-0.1, -0.05) is 11.6 Å². The lowest BCUT2D eigenvalue weighted by Gasteiger charge is -2.00. The topological polar surface area (TPSA) is 33.1 Å². The van der Waals surface area contributed by atoms with Crippen LogP contribution in [0, 0.1) is 0 Å². The van der Waals surface area contributed by atoms with E-state index in [1.54, 1.807) is 23.7 Å². The van der Waals surface area contributed by atoms with E-state index in [4.69, 9.17) is 11.6 Å². The predicted octanol–water partition coefficient (Wildman–Crippen LogP) is 3.17. The molecule has 0 aliphatic heterocycles. The van der Waals surface area contributed by atoms with Crippen molar-refractivity contribution in [1.29, 1.82) is 0 Å². The molecule has 0 bridgehead atoms. The Morgan fingerprint density at radius 3 is 2.92 bits per heavy atom. The summed E-state index contributed by atoms with van der Waals surface area (Å²) in [7, 11) is 0. The van der Waals surface area contributed by atoms with Gasteiger partial charge < -0.3 is 5.11 Å². The number of hydrogen-bond donors (Lipinski definition) is 1. The van der Waals surface area contributed by atoms with Crippen molar-refractivity contribution in [3.63, 3.8) is 0 Å². The molecular weight excluding hydrogens is 206 g/mol. The molecule has 0 radical (unpaired) electrons. The van der Waals surface area contributed by atoms with Gasteiger partial charge in [-0.15, -0.1) is 11.3 Å². The number of nitrogens with zero attached hydrogens (tertiary/aromatic N) is 1. The molecule has 13 heavy (non-hydrogen) atoms. The maximum absolute atomic E-state index is 9.51. The SMILES string of the molecule is Oc1ccc(Cl)cc1-c1cscn1. The molecule has 0 unspecified atom stereocenters. The Bertz CT molecular complexity index is 414. The number of aromatic hydroxyl groups is 1. The van der Waals surface area contributed by atoms with Gasteiger partial charge in [0, 0.05) is 16.0 Å². The number of rotatable bonds is 1. The lowest BCUT2D eigenvalue weighted by atomic mass is 10.1. The molecule has 2 rings (SSSR count). The summed E-state index contributed by atoms with van der Waals surface area (Å²) in [6.45, 7) is 0. The van der Waals surface area contributed by atoms with Crippen molar-refractivity contribution < 1.29 is 5.11 Å². The monoisotopic (exact) mass is 211 g/mol. The molecule has 4 heteroatoms. The Morgan fingerprint density at radius 1 is 1.38 bits per heavy atom. The normalized spacial score (nSPS) is 10.2. The Morgan fingerprint density at radius 2 is 2.23 bits per heavy atom. The number of halogens is 1. The average molecular weight is 212 g/mol. The quantitative estimate of drug-likeness (QED) is 0.786. The van der Waals surface area contributed by atoms with E-state index in [1.807, 2.05) is 5.38 Å². The summed E-state index contributed by atoms with van der Waals surface area (Å²) in [6.07, 6.45) is 0. The van der Waals surface area contributed by atoms with Gasteiger partial charge in [0.25, 0.3) is 0 Å². The van der Waals surface area contributed by atoms with Gasteiger partial charge in [0.15, 0.2) is 0 Å². The van der Waals surface area contributed by atoms with Crippen LogP contribution in [0.2, 0.25) is 5.02 Å². The minimum Gasteiger partial charge on any atom is -0.507 e. The van der Waals surface area contributed by atoms with Gasteiger partial charge >= 0.3 is 0 Å². The maximum Gasteiger partial charge on any atom is 0.125 e. The van der Waals surface area contributed by atoms with Gasteiger partial charge in [-0.05, 0) is 18.2 Å². The van der Waals surface area contributed by atoms with Crippen LogP contribution < -0.4 is 0 Å². The Labute approximate surface area is 84.4 Å². The molecule has 0 atom stereocenters. The molecular formula is C9H6ClNOS. The molecule has 1 N–H and O–H groups in total. The van der Waals surface area contributed by atoms with E-state index in [1.165, 1.54) is 11.3 Å². The van der Waals surface area contributed by atoms with Crippen LogP contribution in [-0.4, -0.2) is 10.1 Å². The van der Waals surface area contributed by atoms with Gasteiger partial charge in [-0.3, -0.25) is 0 Å². The summed E-state index contributed by atoms with van der Waals surface area (Å²) in [4.78, 5) is 4.09. The third-order valence-electron chi connectivity index (χ3n) is 1.67. The summed E-state index contributed by atoms with van der Waals surface area (Å²) < 4.78 is 0. The predicted molar refractivity (Wildman–Crippen MR) is 54.2 cm³/mol. The van der Waals surface area contributed by atoms with Crippen molar-refractivity contribution in [1.82, 2.24) is 4.98 Å². The van der Waals surface area contributed by atoms with E-state index >= 15 is 0 Å². The standard InChI is InChI=1S/C9H6ClNOS/c10-6-1-2-9(12)7(3-6)8-4-13-5-11-8/h1-5,12H. The zero-order chi connectivity index (χ0) is 9.26. The largest absolute Gasteiger partial charge is 0.507 e. The van der Waals surface area contributed by atoms with Crippen LogP contribution in [0.3, 0.4) is 0 Å². The molecule has 0 saturated carbocycles. The minimum absolute atomic E-state index is 0.204. The van der Waals surface area contributed by atoms with E-state index in [-0.39, 0.29) is 5.75 Å². The van der Waals surface area contributed by atoms with E-state index < -0.39 is 0 Å². The summed E-state index contributed by atoms with van der Waals surface area (Å²) in [6, 6.07) is 4.91. The number of thiazole rings is 1. The first kappa shape index (κ1) is 8.53. The molecule has 0 amide bonds. The number of aromatic nitrogens is 1. The second kappa shape index (κ2) is 3.36. The Hall–Kier alpha value is -1.06. The lowest BCUT2D eigenvalue weighted by molar-refractivity contribution is 0.477. The fourth-order valence-corrected chi connectivity index (χ4v) is 1.78. The molecule has 0 saturated heterocycles. The van der Waals surface area contributed by atoms with Crippen LogP contribution in [0.4, 0.5) is 0 Å². The van der Waals surface area contributed by atoms with Crippen molar-refractivity contribution in [2.24, 2.45) is 0 Å². The van der Waals surface area contributed by atoms with E-state index in [0.717, 1.165) is 5.69 Å². The molecule has 0 aliphatic carbocycles. The maximum atomic E-state index is 9.51. The summed E-state index contributed by atoms with van der Waals surface area (Å²) in [5.74, 6) is 0.204. The molecule has 2 aromatic rings. The van der Waals surface area contributed by atoms with Crippen molar-refractivity contribution in [3.05, 3.63) is 34.1 Å². The van der Waals surface area contributed by atoms with Crippen molar-refractivity contribution in [2.75, 3.05) is 0 Å². The van der Waals surface area contributed by atoms with Crippen LogP contribution in [0.25, 0.3) is 11.3 Å². The van der Waals surface area contributed by atoms with E-state index in [0.29, 0.717) is 10.6 Å². The highest BCUT2D eigenvalue weighted by Crippen LogP contribution is 2.30. The number of benzene rings is 1. The number of phenols is 1. The first-order valence-electron chi connectivity index (χ1n) is 3.64. The van der Waals surface area contributed by atoms with Gasteiger partial charge in [-0.25, -0.2) is 4.98 Å². The number of hydrogen-bond acceptors (Lipinski definition) is 3. The zero-order valence-electron chi connectivity index (χ0n) is 6.57.